The van der Waals surface area contributed by atoms with E-state index in [0.717, 1.165) is 24.5 Å². The van der Waals surface area contributed by atoms with Gasteiger partial charge in [-0.3, -0.25) is 4.79 Å². The topological polar surface area (TPSA) is 66.5 Å². The number of carbonyl (C=O) groups excluding carboxylic acids is 1. The van der Waals surface area contributed by atoms with Gasteiger partial charge in [0, 0.05) is 18.8 Å². The molecule has 0 saturated heterocycles. The number of benzene rings is 1. The Kier molecular flexibility index (Phi) is 6.77. The second kappa shape index (κ2) is 9.03. The van der Waals surface area contributed by atoms with E-state index in [1.165, 1.54) is 0 Å². The molecule has 2 rings (SSSR count). The van der Waals surface area contributed by atoms with Crippen molar-refractivity contribution in [2.24, 2.45) is 0 Å². The molecule has 6 nitrogen and oxygen atoms in total. The average molecular weight is 342 g/mol. The van der Waals surface area contributed by atoms with E-state index in [4.69, 9.17) is 4.74 Å². The number of hydrogen-bond donors (Lipinski definition) is 2. The van der Waals surface area contributed by atoms with E-state index in [2.05, 4.69) is 20.5 Å². The van der Waals surface area contributed by atoms with Crippen molar-refractivity contribution < 1.29 is 9.53 Å². The number of hydrogen-bond acceptors (Lipinski definition) is 5. The third-order valence-electron chi connectivity index (χ3n) is 3.37. The molecule has 2 N–H and O–H groups in total. The summed E-state index contributed by atoms with van der Waals surface area (Å²) in [5.41, 5.74) is 1.98. The molecule has 6 heteroatoms. The fourth-order valence-corrected chi connectivity index (χ4v) is 2.14. The van der Waals surface area contributed by atoms with Crippen molar-refractivity contribution in [3.63, 3.8) is 0 Å². The van der Waals surface area contributed by atoms with E-state index >= 15 is 0 Å². The Morgan fingerprint density at radius 2 is 1.80 bits per heavy atom. The van der Waals surface area contributed by atoms with Crippen LogP contribution >= 0.6 is 0 Å². The largest absolute Gasteiger partial charge is 0.491 e. The van der Waals surface area contributed by atoms with Crippen molar-refractivity contribution in [3.8, 4) is 5.75 Å². The zero-order valence-electron chi connectivity index (χ0n) is 15.2. The maximum atomic E-state index is 12.3. The van der Waals surface area contributed by atoms with Crippen LogP contribution in [0.2, 0.25) is 0 Å². The van der Waals surface area contributed by atoms with Gasteiger partial charge in [-0.1, -0.05) is 0 Å². The van der Waals surface area contributed by atoms with E-state index in [1.807, 2.05) is 58.3 Å². The quantitative estimate of drug-likeness (QED) is 0.772. The Balaban J connectivity index is 1.89. The standard InChI is InChI=1S/C19H26N4O2/c1-14(2)25-17-8-5-15(6-9-17)22-19(24)18-10-7-16(13-21-18)20-11-12-23(3)4/h5-10,13-14,20H,11-12H2,1-4H3,(H,22,24). The lowest BCUT2D eigenvalue weighted by Crippen LogP contribution is -2.21. The molecule has 0 spiro atoms. The van der Waals surface area contributed by atoms with E-state index in [0.29, 0.717) is 11.4 Å². The molecular weight excluding hydrogens is 316 g/mol. The number of nitrogens with one attached hydrogen (secondary N) is 2. The number of pyridine rings is 1. The van der Waals surface area contributed by atoms with Crippen molar-refractivity contribution in [2.45, 2.75) is 20.0 Å². The molecule has 0 atom stereocenters. The fraction of sp³-hybridized carbons (Fsp3) is 0.368. The van der Waals surface area contributed by atoms with Gasteiger partial charge in [0.25, 0.3) is 5.91 Å². The summed E-state index contributed by atoms with van der Waals surface area (Å²) in [6.07, 6.45) is 1.79. The average Bonchev–Trinajstić information content (AvgIpc) is 2.56. The SMILES string of the molecule is CC(C)Oc1ccc(NC(=O)c2ccc(NCCN(C)C)cn2)cc1. The molecule has 0 fully saturated rings. The Morgan fingerprint density at radius 3 is 2.36 bits per heavy atom. The first-order valence-electron chi connectivity index (χ1n) is 8.37. The lowest BCUT2D eigenvalue weighted by atomic mass is 10.2. The van der Waals surface area contributed by atoms with Crippen LogP contribution in [0.5, 0.6) is 5.75 Å². The highest BCUT2D eigenvalue weighted by molar-refractivity contribution is 6.02. The van der Waals surface area contributed by atoms with E-state index < -0.39 is 0 Å². The number of ether oxygens (including phenoxy) is 1. The third kappa shape index (κ3) is 6.43. The molecule has 1 heterocycles. The van der Waals surface area contributed by atoms with E-state index in [-0.39, 0.29) is 12.0 Å². The highest BCUT2D eigenvalue weighted by atomic mass is 16.5. The van der Waals surface area contributed by atoms with Crippen LogP contribution in [0.25, 0.3) is 0 Å². The van der Waals surface area contributed by atoms with Gasteiger partial charge in [-0.15, -0.1) is 0 Å². The molecule has 0 saturated carbocycles. The Labute approximate surface area is 149 Å². The van der Waals surface area contributed by atoms with Crippen molar-refractivity contribution in [2.75, 3.05) is 37.8 Å². The van der Waals surface area contributed by atoms with Crippen LogP contribution in [-0.2, 0) is 0 Å². The zero-order valence-corrected chi connectivity index (χ0v) is 15.2. The molecule has 1 amide bonds. The first-order chi connectivity index (χ1) is 11.9. The molecule has 134 valence electrons. The molecule has 0 aliphatic heterocycles. The fourth-order valence-electron chi connectivity index (χ4n) is 2.14. The van der Waals surface area contributed by atoms with E-state index in [1.54, 1.807) is 12.3 Å². The third-order valence-corrected chi connectivity index (χ3v) is 3.37. The first-order valence-corrected chi connectivity index (χ1v) is 8.37. The summed E-state index contributed by atoms with van der Waals surface area (Å²) in [5.74, 6) is 0.539. The highest BCUT2D eigenvalue weighted by Crippen LogP contribution is 2.17. The normalized spacial score (nSPS) is 10.8. The minimum absolute atomic E-state index is 0.120. The molecule has 25 heavy (non-hydrogen) atoms. The highest BCUT2D eigenvalue weighted by Gasteiger charge is 2.08. The Morgan fingerprint density at radius 1 is 1.12 bits per heavy atom. The van der Waals surface area contributed by atoms with Gasteiger partial charge < -0.3 is 20.3 Å². The number of amides is 1. The van der Waals surface area contributed by atoms with Gasteiger partial charge in [0.2, 0.25) is 0 Å². The van der Waals surface area contributed by atoms with Crippen molar-refractivity contribution in [1.29, 1.82) is 0 Å². The molecule has 0 aliphatic carbocycles. The van der Waals surface area contributed by atoms with Crippen LogP contribution in [0, 0.1) is 0 Å². The molecule has 0 radical (unpaired) electrons. The van der Waals surface area contributed by atoms with Gasteiger partial charge in [0.05, 0.1) is 18.0 Å². The summed E-state index contributed by atoms with van der Waals surface area (Å²) < 4.78 is 5.58. The first kappa shape index (κ1) is 18.7. The van der Waals surface area contributed by atoms with Crippen LogP contribution in [0.4, 0.5) is 11.4 Å². The number of likely N-dealkylation sites (N-methyl/N-ethyl adjacent to an activating group) is 1. The van der Waals surface area contributed by atoms with Gasteiger partial charge in [-0.25, -0.2) is 4.98 Å². The molecule has 0 aliphatic rings. The number of aromatic nitrogens is 1. The van der Waals surface area contributed by atoms with Gasteiger partial charge in [0.15, 0.2) is 0 Å². The summed E-state index contributed by atoms with van der Waals surface area (Å²) >= 11 is 0. The van der Waals surface area contributed by atoms with Crippen LogP contribution in [0.3, 0.4) is 0 Å². The summed E-state index contributed by atoms with van der Waals surface area (Å²) in [4.78, 5) is 18.6. The minimum Gasteiger partial charge on any atom is -0.491 e. The van der Waals surface area contributed by atoms with Gasteiger partial charge in [-0.2, -0.15) is 0 Å². The predicted molar refractivity (Wildman–Crippen MR) is 101 cm³/mol. The Bertz CT molecular complexity index is 667. The van der Waals surface area contributed by atoms with Crippen LogP contribution < -0.4 is 15.4 Å². The van der Waals surface area contributed by atoms with Crippen molar-refractivity contribution in [1.82, 2.24) is 9.88 Å². The van der Waals surface area contributed by atoms with Crippen LogP contribution in [-0.4, -0.2) is 49.1 Å². The molecular formula is C19H26N4O2. The predicted octanol–water partition coefficient (Wildman–Crippen LogP) is 3.09. The zero-order chi connectivity index (χ0) is 18.2. The second-order valence-electron chi connectivity index (χ2n) is 6.31. The monoisotopic (exact) mass is 342 g/mol. The second-order valence-corrected chi connectivity index (χ2v) is 6.31. The molecule has 1 aromatic carbocycles. The smallest absolute Gasteiger partial charge is 0.274 e. The summed E-state index contributed by atoms with van der Waals surface area (Å²) in [6.45, 7) is 5.70. The molecule has 2 aromatic rings. The van der Waals surface area contributed by atoms with Gasteiger partial charge in [-0.05, 0) is 64.3 Å². The molecule has 0 bridgehead atoms. The van der Waals surface area contributed by atoms with Crippen molar-refractivity contribution >= 4 is 17.3 Å². The Hall–Kier alpha value is -2.60. The maximum Gasteiger partial charge on any atom is 0.274 e. The van der Waals surface area contributed by atoms with Crippen LogP contribution in [0.15, 0.2) is 42.6 Å². The number of rotatable bonds is 8. The van der Waals surface area contributed by atoms with Gasteiger partial charge >= 0.3 is 0 Å². The summed E-state index contributed by atoms with van der Waals surface area (Å²) in [5, 5.41) is 6.10. The number of carbonyl (C=O) groups is 1. The van der Waals surface area contributed by atoms with E-state index in [9.17, 15) is 4.79 Å². The maximum absolute atomic E-state index is 12.3. The van der Waals surface area contributed by atoms with Crippen molar-refractivity contribution in [3.05, 3.63) is 48.3 Å². The molecule has 0 unspecified atom stereocenters. The molecule has 1 aromatic heterocycles. The lowest BCUT2D eigenvalue weighted by molar-refractivity contribution is 0.102. The number of nitrogens with zero attached hydrogens (tertiary/aromatic N) is 2. The van der Waals surface area contributed by atoms with Crippen LogP contribution in [0.1, 0.15) is 24.3 Å². The summed E-state index contributed by atoms with van der Waals surface area (Å²) in [6, 6.07) is 10.9. The lowest BCUT2D eigenvalue weighted by Gasteiger charge is -2.12. The number of anilines is 2. The summed E-state index contributed by atoms with van der Waals surface area (Å²) in [7, 11) is 4.05. The van der Waals surface area contributed by atoms with Gasteiger partial charge in [0.1, 0.15) is 11.4 Å². The minimum atomic E-state index is -0.239.